The molecule has 1 aromatic rings. The van der Waals surface area contributed by atoms with Crippen LogP contribution in [0.2, 0.25) is 0 Å². The van der Waals surface area contributed by atoms with E-state index in [1.807, 2.05) is 12.3 Å². The zero-order valence-electron chi connectivity index (χ0n) is 11.5. The third-order valence-corrected chi connectivity index (χ3v) is 3.31. The maximum atomic E-state index is 8.94. The largest absolute Gasteiger partial charge is 0.360 e. The number of hydrogen-bond acceptors (Lipinski definition) is 5. The standard InChI is InChI=1S/C14H20N4O/c1-3-16-11(2)12-4-5-17-14(8-12)18-6-7-19-13(9-15)10-18/h4-5,8,11,13,16H,3,6-7,10H2,1-2H3. The Labute approximate surface area is 114 Å². The average Bonchev–Trinajstić information content (AvgIpc) is 2.48. The number of morpholine rings is 1. The van der Waals surface area contributed by atoms with Gasteiger partial charge in [-0.1, -0.05) is 6.92 Å². The highest BCUT2D eigenvalue weighted by Crippen LogP contribution is 2.20. The second-order valence-corrected chi connectivity index (χ2v) is 4.66. The van der Waals surface area contributed by atoms with Gasteiger partial charge in [-0.25, -0.2) is 4.98 Å². The number of anilines is 1. The molecule has 5 heteroatoms. The fourth-order valence-corrected chi connectivity index (χ4v) is 2.24. The molecule has 1 aliphatic heterocycles. The highest BCUT2D eigenvalue weighted by Gasteiger charge is 2.21. The van der Waals surface area contributed by atoms with E-state index in [0.717, 1.165) is 18.9 Å². The number of pyridine rings is 1. The summed E-state index contributed by atoms with van der Waals surface area (Å²) in [7, 11) is 0. The first-order chi connectivity index (χ1) is 9.24. The summed E-state index contributed by atoms with van der Waals surface area (Å²) in [6.45, 7) is 7.12. The van der Waals surface area contributed by atoms with Gasteiger partial charge in [-0.05, 0) is 31.2 Å². The van der Waals surface area contributed by atoms with Gasteiger partial charge in [-0.2, -0.15) is 5.26 Å². The van der Waals surface area contributed by atoms with Gasteiger partial charge >= 0.3 is 0 Å². The first kappa shape index (κ1) is 13.8. The lowest BCUT2D eigenvalue weighted by atomic mass is 10.1. The Morgan fingerprint density at radius 1 is 1.68 bits per heavy atom. The molecule has 1 aromatic heterocycles. The Hall–Kier alpha value is -1.64. The van der Waals surface area contributed by atoms with Crippen molar-refractivity contribution in [3.8, 4) is 6.07 Å². The van der Waals surface area contributed by atoms with Crippen LogP contribution in [-0.2, 0) is 4.74 Å². The highest BCUT2D eigenvalue weighted by molar-refractivity contribution is 5.42. The van der Waals surface area contributed by atoms with Crippen LogP contribution in [0, 0.1) is 11.3 Å². The topological polar surface area (TPSA) is 61.2 Å². The van der Waals surface area contributed by atoms with Crippen LogP contribution in [0.4, 0.5) is 5.82 Å². The zero-order valence-corrected chi connectivity index (χ0v) is 11.5. The molecule has 1 aliphatic rings. The van der Waals surface area contributed by atoms with Crippen molar-refractivity contribution in [2.45, 2.75) is 26.0 Å². The molecule has 1 N–H and O–H groups in total. The van der Waals surface area contributed by atoms with Gasteiger partial charge in [-0.3, -0.25) is 0 Å². The van der Waals surface area contributed by atoms with Crippen molar-refractivity contribution in [3.05, 3.63) is 23.9 Å². The molecule has 0 aromatic carbocycles. The Bertz CT molecular complexity index is 457. The molecule has 0 aliphatic carbocycles. The van der Waals surface area contributed by atoms with E-state index >= 15 is 0 Å². The summed E-state index contributed by atoms with van der Waals surface area (Å²) in [6, 6.07) is 6.58. The van der Waals surface area contributed by atoms with Crippen molar-refractivity contribution < 1.29 is 4.74 Å². The Morgan fingerprint density at radius 3 is 3.26 bits per heavy atom. The van der Waals surface area contributed by atoms with Crippen LogP contribution >= 0.6 is 0 Å². The summed E-state index contributed by atoms with van der Waals surface area (Å²) in [4.78, 5) is 6.52. The number of nitriles is 1. The molecule has 0 bridgehead atoms. The van der Waals surface area contributed by atoms with Crippen LogP contribution in [0.15, 0.2) is 18.3 Å². The molecule has 102 valence electrons. The zero-order chi connectivity index (χ0) is 13.7. The molecule has 5 nitrogen and oxygen atoms in total. The van der Waals surface area contributed by atoms with Crippen LogP contribution < -0.4 is 10.2 Å². The molecular weight excluding hydrogens is 240 g/mol. The Kier molecular flexibility index (Phi) is 4.72. The van der Waals surface area contributed by atoms with E-state index in [1.165, 1.54) is 5.56 Å². The van der Waals surface area contributed by atoms with Gasteiger partial charge < -0.3 is 15.0 Å². The van der Waals surface area contributed by atoms with Gasteiger partial charge in [0.15, 0.2) is 6.10 Å². The molecule has 1 saturated heterocycles. The van der Waals surface area contributed by atoms with Gasteiger partial charge in [0.2, 0.25) is 0 Å². The van der Waals surface area contributed by atoms with Crippen LogP contribution in [0.3, 0.4) is 0 Å². The minimum atomic E-state index is -0.356. The molecule has 2 heterocycles. The Balaban J connectivity index is 2.12. The van der Waals surface area contributed by atoms with Crippen molar-refractivity contribution in [2.75, 3.05) is 31.1 Å². The van der Waals surface area contributed by atoms with E-state index in [-0.39, 0.29) is 6.10 Å². The van der Waals surface area contributed by atoms with Gasteiger partial charge in [0.1, 0.15) is 5.82 Å². The normalized spacial score (nSPS) is 20.9. The fraction of sp³-hybridized carbons (Fsp3) is 0.571. The van der Waals surface area contributed by atoms with Gasteiger partial charge in [0, 0.05) is 18.8 Å². The predicted octanol–water partition coefficient (Wildman–Crippen LogP) is 1.48. The van der Waals surface area contributed by atoms with Crippen molar-refractivity contribution in [3.63, 3.8) is 0 Å². The quantitative estimate of drug-likeness (QED) is 0.888. The third kappa shape index (κ3) is 3.43. The molecule has 1 fully saturated rings. The number of aromatic nitrogens is 1. The second kappa shape index (κ2) is 6.50. The summed E-state index contributed by atoms with van der Waals surface area (Å²) in [5.74, 6) is 0.922. The average molecular weight is 260 g/mol. The molecule has 2 unspecified atom stereocenters. The number of ether oxygens (including phenoxy) is 1. The molecule has 2 rings (SSSR count). The lowest BCUT2D eigenvalue weighted by Gasteiger charge is -2.31. The van der Waals surface area contributed by atoms with E-state index < -0.39 is 0 Å². The van der Waals surface area contributed by atoms with Crippen molar-refractivity contribution in [2.24, 2.45) is 0 Å². The number of hydrogen-bond donors (Lipinski definition) is 1. The van der Waals surface area contributed by atoms with Gasteiger partial charge in [0.05, 0.1) is 19.2 Å². The van der Waals surface area contributed by atoms with E-state index in [9.17, 15) is 0 Å². The van der Waals surface area contributed by atoms with Crippen LogP contribution in [0.25, 0.3) is 0 Å². The maximum absolute atomic E-state index is 8.94. The van der Waals surface area contributed by atoms with Crippen molar-refractivity contribution >= 4 is 5.82 Å². The van der Waals surface area contributed by atoms with Crippen LogP contribution in [-0.4, -0.2) is 37.3 Å². The van der Waals surface area contributed by atoms with Gasteiger partial charge in [0.25, 0.3) is 0 Å². The molecule has 19 heavy (non-hydrogen) atoms. The SMILES string of the molecule is CCNC(C)c1ccnc(N2CCOC(C#N)C2)c1. The number of nitrogens with zero attached hydrogens (tertiary/aromatic N) is 3. The Morgan fingerprint density at radius 2 is 2.53 bits per heavy atom. The lowest BCUT2D eigenvalue weighted by Crippen LogP contribution is -2.42. The number of rotatable bonds is 4. The van der Waals surface area contributed by atoms with Crippen molar-refractivity contribution in [1.82, 2.24) is 10.3 Å². The minimum absolute atomic E-state index is 0.305. The molecule has 0 spiro atoms. The minimum Gasteiger partial charge on any atom is -0.360 e. The smallest absolute Gasteiger partial charge is 0.161 e. The van der Waals surface area contributed by atoms with E-state index in [1.54, 1.807) is 0 Å². The summed E-state index contributed by atoms with van der Waals surface area (Å²) < 4.78 is 5.35. The van der Waals surface area contributed by atoms with Crippen LogP contribution in [0.5, 0.6) is 0 Å². The molecule has 0 amide bonds. The molecular formula is C14H20N4O. The second-order valence-electron chi connectivity index (χ2n) is 4.66. The summed E-state index contributed by atoms with van der Waals surface area (Å²) in [5, 5.41) is 12.3. The highest BCUT2D eigenvalue weighted by atomic mass is 16.5. The molecule has 0 saturated carbocycles. The van der Waals surface area contributed by atoms with E-state index in [0.29, 0.717) is 19.2 Å². The molecule has 0 radical (unpaired) electrons. The van der Waals surface area contributed by atoms with Gasteiger partial charge in [-0.15, -0.1) is 0 Å². The fourth-order valence-electron chi connectivity index (χ4n) is 2.24. The first-order valence-corrected chi connectivity index (χ1v) is 6.70. The maximum Gasteiger partial charge on any atom is 0.161 e. The number of nitrogens with one attached hydrogen (secondary N) is 1. The summed E-state index contributed by atoms with van der Waals surface area (Å²) >= 11 is 0. The lowest BCUT2D eigenvalue weighted by molar-refractivity contribution is 0.0761. The summed E-state index contributed by atoms with van der Waals surface area (Å²) in [6.07, 6.45) is 1.47. The summed E-state index contributed by atoms with van der Waals surface area (Å²) in [5.41, 5.74) is 1.21. The monoisotopic (exact) mass is 260 g/mol. The molecule has 2 atom stereocenters. The van der Waals surface area contributed by atoms with E-state index in [2.05, 4.69) is 41.2 Å². The van der Waals surface area contributed by atoms with Crippen molar-refractivity contribution in [1.29, 1.82) is 5.26 Å². The van der Waals surface area contributed by atoms with E-state index in [4.69, 9.17) is 10.00 Å². The first-order valence-electron chi connectivity index (χ1n) is 6.70. The van der Waals surface area contributed by atoms with Crippen LogP contribution in [0.1, 0.15) is 25.5 Å². The predicted molar refractivity (Wildman–Crippen MR) is 73.9 cm³/mol. The third-order valence-electron chi connectivity index (χ3n) is 3.31.